The van der Waals surface area contributed by atoms with Gasteiger partial charge in [-0.15, -0.1) is 11.3 Å². The van der Waals surface area contributed by atoms with Crippen LogP contribution in [0, 0.1) is 6.92 Å². The number of aryl methyl sites for hydroxylation is 1. The second-order valence-electron chi connectivity index (χ2n) is 6.05. The summed E-state index contributed by atoms with van der Waals surface area (Å²) in [5, 5.41) is 2.87. The number of ether oxygens (including phenoxy) is 1. The Morgan fingerprint density at radius 1 is 1.29 bits per heavy atom. The van der Waals surface area contributed by atoms with Gasteiger partial charge < -0.3 is 14.5 Å². The van der Waals surface area contributed by atoms with Crippen LogP contribution in [-0.2, 0) is 22.6 Å². The molecule has 0 spiro atoms. The van der Waals surface area contributed by atoms with E-state index in [4.69, 9.17) is 4.74 Å². The Hall–Kier alpha value is -1.92. The number of rotatable bonds is 5. The molecule has 0 bridgehead atoms. The Kier molecular flexibility index (Phi) is 5.48. The molecule has 1 fully saturated rings. The summed E-state index contributed by atoms with van der Waals surface area (Å²) >= 11 is 1.55. The predicted octanol–water partition coefficient (Wildman–Crippen LogP) is 2.49. The molecule has 1 aliphatic rings. The zero-order chi connectivity index (χ0) is 16.9. The summed E-state index contributed by atoms with van der Waals surface area (Å²) in [5.74, 6) is 0.160. The van der Waals surface area contributed by atoms with Gasteiger partial charge in [-0.2, -0.15) is 0 Å². The fourth-order valence-corrected chi connectivity index (χ4v) is 3.69. The van der Waals surface area contributed by atoms with Crippen LogP contribution in [0.4, 0.5) is 5.69 Å². The zero-order valence-corrected chi connectivity index (χ0v) is 15.0. The molecule has 0 N–H and O–H groups in total. The van der Waals surface area contributed by atoms with Crippen molar-refractivity contribution in [2.45, 2.75) is 20.0 Å². The molecular formula is C18H23N3O2S. The van der Waals surface area contributed by atoms with Crippen molar-refractivity contribution < 1.29 is 9.53 Å². The summed E-state index contributed by atoms with van der Waals surface area (Å²) in [7, 11) is 1.65. The predicted molar refractivity (Wildman–Crippen MR) is 96.5 cm³/mol. The lowest BCUT2D eigenvalue weighted by molar-refractivity contribution is -0.130. The van der Waals surface area contributed by atoms with Crippen LogP contribution in [-0.4, -0.2) is 49.1 Å². The molecule has 0 radical (unpaired) electrons. The number of thiazole rings is 1. The van der Waals surface area contributed by atoms with Crippen molar-refractivity contribution in [2.24, 2.45) is 0 Å². The fraction of sp³-hybridized carbons (Fsp3) is 0.444. The first-order valence-corrected chi connectivity index (χ1v) is 9.05. The number of carbonyl (C=O) groups excluding carboxylic acids is 1. The number of nitrogens with zero attached hydrogens (tertiary/aromatic N) is 3. The topological polar surface area (TPSA) is 45.7 Å². The van der Waals surface area contributed by atoms with Crippen LogP contribution < -0.4 is 4.90 Å². The van der Waals surface area contributed by atoms with Crippen molar-refractivity contribution in [3.63, 3.8) is 0 Å². The highest BCUT2D eigenvalue weighted by Crippen LogP contribution is 2.18. The molecule has 1 saturated heterocycles. The molecule has 0 unspecified atom stereocenters. The number of hydrogen-bond acceptors (Lipinski definition) is 5. The Morgan fingerprint density at radius 2 is 2.08 bits per heavy atom. The minimum Gasteiger partial charge on any atom is -0.378 e. The molecule has 0 aliphatic carbocycles. The highest BCUT2D eigenvalue weighted by atomic mass is 32.1. The molecule has 2 heterocycles. The summed E-state index contributed by atoms with van der Waals surface area (Å²) in [6, 6.07) is 8.53. The van der Waals surface area contributed by atoms with Crippen LogP contribution in [0.25, 0.3) is 0 Å². The van der Waals surface area contributed by atoms with E-state index in [-0.39, 0.29) is 5.91 Å². The number of amides is 1. The lowest BCUT2D eigenvalue weighted by Crippen LogP contribution is -2.49. The van der Waals surface area contributed by atoms with E-state index in [1.165, 1.54) is 11.3 Å². The Labute approximate surface area is 146 Å². The fourth-order valence-electron chi connectivity index (χ4n) is 2.93. The minimum atomic E-state index is 0.160. The standard InChI is InChI=1S/C18H23N3O2S/c1-14-4-3-5-16(10-14)20-6-8-21(9-7-20)18(22)11-15-13-24-17(19-15)12-23-2/h3-5,10,13H,6-9,11-12H2,1-2H3. The normalized spacial score (nSPS) is 14.9. The van der Waals surface area contributed by atoms with Crippen LogP contribution in [0.3, 0.4) is 0 Å². The first-order chi connectivity index (χ1) is 11.7. The third kappa shape index (κ3) is 4.13. The molecule has 2 aromatic rings. The third-order valence-corrected chi connectivity index (χ3v) is 5.07. The van der Waals surface area contributed by atoms with E-state index in [9.17, 15) is 4.79 Å². The summed E-state index contributed by atoms with van der Waals surface area (Å²) < 4.78 is 5.07. The van der Waals surface area contributed by atoms with E-state index >= 15 is 0 Å². The number of methoxy groups -OCH3 is 1. The van der Waals surface area contributed by atoms with Crippen molar-refractivity contribution in [2.75, 3.05) is 38.2 Å². The largest absolute Gasteiger partial charge is 0.378 e. The number of anilines is 1. The van der Waals surface area contributed by atoms with Gasteiger partial charge in [-0.05, 0) is 24.6 Å². The van der Waals surface area contributed by atoms with Gasteiger partial charge in [0.1, 0.15) is 5.01 Å². The van der Waals surface area contributed by atoms with Crippen molar-refractivity contribution in [1.82, 2.24) is 9.88 Å². The number of piperazine rings is 1. The summed E-state index contributed by atoms with van der Waals surface area (Å²) in [6.07, 6.45) is 0.380. The lowest BCUT2D eigenvalue weighted by atomic mass is 10.2. The molecule has 128 valence electrons. The van der Waals surface area contributed by atoms with Crippen molar-refractivity contribution in [1.29, 1.82) is 0 Å². The van der Waals surface area contributed by atoms with E-state index in [0.717, 1.165) is 36.9 Å². The van der Waals surface area contributed by atoms with Gasteiger partial charge in [0.25, 0.3) is 0 Å². The second-order valence-corrected chi connectivity index (χ2v) is 6.99. The van der Waals surface area contributed by atoms with Crippen LogP contribution in [0.5, 0.6) is 0 Å². The SMILES string of the molecule is COCc1nc(CC(=O)N2CCN(c3cccc(C)c3)CC2)cs1. The number of benzene rings is 1. The minimum absolute atomic E-state index is 0.160. The van der Waals surface area contributed by atoms with Gasteiger partial charge in [0, 0.05) is 44.4 Å². The maximum Gasteiger partial charge on any atom is 0.228 e. The van der Waals surface area contributed by atoms with Gasteiger partial charge in [-0.3, -0.25) is 4.79 Å². The summed E-state index contributed by atoms with van der Waals surface area (Å²) in [6.45, 7) is 5.90. The molecule has 5 nitrogen and oxygen atoms in total. The Morgan fingerprint density at radius 3 is 2.79 bits per heavy atom. The van der Waals surface area contributed by atoms with Gasteiger partial charge in [0.2, 0.25) is 5.91 Å². The molecule has 1 aromatic heterocycles. The molecule has 6 heteroatoms. The number of aromatic nitrogens is 1. The van der Waals surface area contributed by atoms with E-state index in [2.05, 4.69) is 41.1 Å². The molecule has 1 amide bonds. The van der Waals surface area contributed by atoms with Gasteiger partial charge in [0.05, 0.1) is 18.7 Å². The Bertz CT molecular complexity index is 693. The summed E-state index contributed by atoms with van der Waals surface area (Å²) in [5.41, 5.74) is 3.35. The molecular weight excluding hydrogens is 322 g/mol. The van der Waals surface area contributed by atoms with E-state index < -0.39 is 0 Å². The summed E-state index contributed by atoms with van der Waals surface area (Å²) in [4.78, 5) is 21.2. The second kappa shape index (κ2) is 7.77. The average Bonchev–Trinajstić information content (AvgIpc) is 3.02. The number of carbonyl (C=O) groups is 1. The van der Waals surface area contributed by atoms with Crippen LogP contribution in [0.1, 0.15) is 16.3 Å². The highest BCUT2D eigenvalue weighted by molar-refractivity contribution is 7.09. The van der Waals surface area contributed by atoms with E-state index in [1.807, 2.05) is 10.3 Å². The van der Waals surface area contributed by atoms with Gasteiger partial charge in [-0.25, -0.2) is 4.98 Å². The van der Waals surface area contributed by atoms with Gasteiger partial charge in [-0.1, -0.05) is 12.1 Å². The Balaban J connectivity index is 1.53. The maximum atomic E-state index is 12.5. The monoisotopic (exact) mass is 345 g/mol. The van der Waals surface area contributed by atoms with Crippen LogP contribution >= 0.6 is 11.3 Å². The molecule has 0 atom stereocenters. The lowest BCUT2D eigenvalue weighted by Gasteiger charge is -2.36. The van der Waals surface area contributed by atoms with Gasteiger partial charge >= 0.3 is 0 Å². The third-order valence-electron chi connectivity index (χ3n) is 4.20. The van der Waals surface area contributed by atoms with Crippen molar-refractivity contribution in [3.8, 4) is 0 Å². The van der Waals surface area contributed by atoms with Gasteiger partial charge in [0.15, 0.2) is 0 Å². The van der Waals surface area contributed by atoms with E-state index in [0.29, 0.717) is 13.0 Å². The molecule has 0 saturated carbocycles. The smallest absolute Gasteiger partial charge is 0.228 e. The number of hydrogen-bond donors (Lipinski definition) is 0. The molecule has 1 aliphatic heterocycles. The maximum absolute atomic E-state index is 12.5. The molecule has 3 rings (SSSR count). The first kappa shape index (κ1) is 16.9. The van der Waals surface area contributed by atoms with Crippen molar-refractivity contribution in [3.05, 3.63) is 45.9 Å². The van der Waals surface area contributed by atoms with Crippen molar-refractivity contribution >= 4 is 22.9 Å². The quantitative estimate of drug-likeness (QED) is 0.835. The van der Waals surface area contributed by atoms with Crippen LogP contribution in [0.15, 0.2) is 29.6 Å². The highest BCUT2D eigenvalue weighted by Gasteiger charge is 2.22. The first-order valence-electron chi connectivity index (χ1n) is 8.17. The molecule has 1 aromatic carbocycles. The van der Waals surface area contributed by atoms with Crippen LogP contribution in [0.2, 0.25) is 0 Å². The zero-order valence-electron chi connectivity index (χ0n) is 14.2. The average molecular weight is 345 g/mol. The molecule has 24 heavy (non-hydrogen) atoms. The van der Waals surface area contributed by atoms with E-state index in [1.54, 1.807) is 18.4 Å².